The Balaban J connectivity index is 2.40. The van der Waals surface area contributed by atoms with Crippen molar-refractivity contribution in [1.29, 1.82) is 0 Å². The minimum atomic E-state index is -5.15. The SMILES string of the molecule is O=C(O)[C@@H]1Cc2cc(F)ccc2CN1C(=O)C(F)(F)F. The van der Waals surface area contributed by atoms with Gasteiger partial charge in [0.15, 0.2) is 0 Å². The third-order valence-corrected chi connectivity index (χ3v) is 3.09. The predicted octanol–water partition coefficient (Wildman–Crippen LogP) is 1.73. The van der Waals surface area contributed by atoms with Gasteiger partial charge >= 0.3 is 18.1 Å². The van der Waals surface area contributed by atoms with Gasteiger partial charge in [0.05, 0.1) is 0 Å². The summed E-state index contributed by atoms with van der Waals surface area (Å²) in [6.45, 7) is -0.509. The largest absolute Gasteiger partial charge is 0.480 e. The molecule has 0 saturated carbocycles. The molecule has 0 spiro atoms. The highest BCUT2D eigenvalue weighted by atomic mass is 19.4. The molecule has 108 valence electrons. The van der Waals surface area contributed by atoms with Crippen LogP contribution in [-0.4, -0.2) is 34.1 Å². The van der Waals surface area contributed by atoms with Crippen LogP contribution in [-0.2, 0) is 22.6 Å². The summed E-state index contributed by atoms with van der Waals surface area (Å²) in [6, 6.07) is 1.72. The van der Waals surface area contributed by atoms with Crippen LogP contribution in [0.25, 0.3) is 0 Å². The van der Waals surface area contributed by atoms with Gasteiger partial charge in [0.2, 0.25) is 0 Å². The van der Waals surface area contributed by atoms with Crippen molar-refractivity contribution in [1.82, 2.24) is 4.90 Å². The van der Waals surface area contributed by atoms with Crippen LogP contribution in [0.15, 0.2) is 18.2 Å². The van der Waals surface area contributed by atoms with E-state index in [4.69, 9.17) is 5.11 Å². The second-order valence-corrected chi connectivity index (χ2v) is 4.40. The molecule has 0 saturated heterocycles. The number of halogens is 4. The Labute approximate surface area is 110 Å². The Morgan fingerprint density at radius 2 is 1.90 bits per heavy atom. The van der Waals surface area contributed by atoms with Gasteiger partial charge in [-0.2, -0.15) is 13.2 Å². The zero-order valence-electron chi connectivity index (χ0n) is 9.95. The predicted molar refractivity (Wildman–Crippen MR) is 58.1 cm³/mol. The van der Waals surface area contributed by atoms with Crippen molar-refractivity contribution in [3.63, 3.8) is 0 Å². The first kappa shape index (κ1) is 14.3. The average molecular weight is 291 g/mol. The molecule has 1 atom stereocenters. The third kappa shape index (κ3) is 2.59. The van der Waals surface area contributed by atoms with Gasteiger partial charge in [-0.05, 0) is 23.3 Å². The van der Waals surface area contributed by atoms with Crippen molar-refractivity contribution in [2.45, 2.75) is 25.2 Å². The van der Waals surface area contributed by atoms with Gasteiger partial charge in [-0.1, -0.05) is 6.07 Å². The van der Waals surface area contributed by atoms with E-state index in [0.717, 1.165) is 12.1 Å². The lowest BCUT2D eigenvalue weighted by atomic mass is 9.93. The summed E-state index contributed by atoms with van der Waals surface area (Å²) in [5.41, 5.74) is 0.602. The van der Waals surface area contributed by atoms with E-state index in [1.54, 1.807) is 0 Å². The van der Waals surface area contributed by atoms with Crippen molar-refractivity contribution < 1.29 is 32.3 Å². The number of aliphatic carboxylic acids is 1. The maximum atomic E-state index is 13.1. The highest BCUT2D eigenvalue weighted by molar-refractivity contribution is 5.87. The second kappa shape index (κ2) is 4.77. The van der Waals surface area contributed by atoms with Gasteiger partial charge in [0.1, 0.15) is 11.9 Å². The first-order valence-electron chi connectivity index (χ1n) is 5.58. The molecule has 0 bridgehead atoms. The number of fused-ring (bicyclic) bond motifs is 1. The number of hydrogen-bond acceptors (Lipinski definition) is 2. The van der Waals surface area contributed by atoms with Gasteiger partial charge in [-0.3, -0.25) is 4.79 Å². The lowest BCUT2D eigenvalue weighted by molar-refractivity contribution is -0.191. The van der Waals surface area contributed by atoms with Crippen molar-refractivity contribution >= 4 is 11.9 Å². The number of amides is 1. The number of hydrogen-bond donors (Lipinski definition) is 1. The number of carboxylic acids is 1. The maximum Gasteiger partial charge on any atom is 0.471 e. The molecular formula is C12H9F4NO3. The van der Waals surface area contributed by atoms with Crippen LogP contribution in [0, 0.1) is 5.82 Å². The third-order valence-electron chi connectivity index (χ3n) is 3.09. The summed E-state index contributed by atoms with van der Waals surface area (Å²) < 4.78 is 50.5. The van der Waals surface area contributed by atoms with E-state index < -0.39 is 36.5 Å². The van der Waals surface area contributed by atoms with Gasteiger partial charge in [0, 0.05) is 13.0 Å². The molecule has 1 aliphatic rings. The highest BCUT2D eigenvalue weighted by Crippen LogP contribution is 2.28. The summed E-state index contributed by atoms with van der Waals surface area (Å²) >= 11 is 0. The van der Waals surface area contributed by atoms with Gasteiger partial charge in [-0.15, -0.1) is 0 Å². The zero-order valence-corrected chi connectivity index (χ0v) is 9.95. The number of carbonyl (C=O) groups is 2. The first-order chi connectivity index (χ1) is 9.20. The minimum Gasteiger partial charge on any atom is -0.480 e. The smallest absolute Gasteiger partial charge is 0.471 e. The van der Waals surface area contributed by atoms with Gasteiger partial charge in [0.25, 0.3) is 0 Å². The number of alkyl halides is 3. The van der Waals surface area contributed by atoms with E-state index in [1.807, 2.05) is 0 Å². The Kier molecular flexibility index (Phi) is 3.41. The van der Waals surface area contributed by atoms with Crippen LogP contribution in [0.5, 0.6) is 0 Å². The quantitative estimate of drug-likeness (QED) is 0.802. The van der Waals surface area contributed by atoms with Crippen LogP contribution >= 0.6 is 0 Å². The van der Waals surface area contributed by atoms with E-state index in [2.05, 4.69) is 0 Å². The second-order valence-electron chi connectivity index (χ2n) is 4.40. The molecule has 1 heterocycles. The lowest BCUT2D eigenvalue weighted by Gasteiger charge is -2.34. The minimum absolute atomic E-state index is 0.253. The fourth-order valence-corrected chi connectivity index (χ4v) is 2.15. The van der Waals surface area contributed by atoms with Gasteiger partial charge < -0.3 is 10.0 Å². The van der Waals surface area contributed by atoms with Crippen molar-refractivity contribution in [3.8, 4) is 0 Å². The Morgan fingerprint density at radius 1 is 1.25 bits per heavy atom. The fraction of sp³-hybridized carbons (Fsp3) is 0.333. The molecule has 0 aromatic heterocycles. The monoisotopic (exact) mass is 291 g/mol. The summed E-state index contributed by atoms with van der Waals surface area (Å²) in [5, 5.41) is 8.96. The molecule has 0 radical (unpaired) electrons. The number of carbonyl (C=O) groups excluding carboxylic acids is 1. The molecule has 1 aliphatic heterocycles. The standard InChI is InChI=1S/C12H9F4NO3/c13-8-2-1-6-5-17(11(20)12(14,15)16)9(10(18)19)4-7(6)3-8/h1-3,9H,4-5H2,(H,18,19)/t9-/m0/s1. The summed E-state index contributed by atoms with van der Waals surface area (Å²) in [5.74, 6) is -4.37. The van der Waals surface area contributed by atoms with Crippen molar-refractivity contribution in [2.24, 2.45) is 0 Å². The molecule has 2 rings (SSSR count). The Bertz CT molecular complexity index is 570. The van der Waals surface area contributed by atoms with E-state index in [1.165, 1.54) is 6.07 Å². The van der Waals surface area contributed by atoms with E-state index in [0.29, 0.717) is 11.1 Å². The molecule has 1 N–H and O–H groups in total. The molecule has 1 aromatic carbocycles. The molecule has 20 heavy (non-hydrogen) atoms. The maximum absolute atomic E-state index is 13.1. The highest BCUT2D eigenvalue weighted by Gasteiger charge is 2.47. The van der Waals surface area contributed by atoms with E-state index in [9.17, 15) is 27.2 Å². The van der Waals surface area contributed by atoms with E-state index in [-0.39, 0.29) is 11.3 Å². The fourth-order valence-electron chi connectivity index (χ4n) is 2.15. The van der Waals surface area contributed by atoms with Crippen LogP contribution in [0.3, 0.4) is 0 Å². The number of rotatable bonds is 1. The molecule has 1 amide bonds. The first-order valence-corrected chi connectivity index (χ1v) is 5.58. The Hall–Kier alpha value is -2.12. The number of benzene rings is 1. The van der Waals surface area contributed by atoms with Crippen molar-refractivity contribution in [2.75, 3.05) is 0 Å². The molecule has 0 aliphatic carbocycles. The zero-order chi connectivity index (χ0) is 15.1. The molecule has 4 nitrogen and oxygen atoms in total. The molecule has 8 heteroatoms. The van der Waals surface area contributed by atoms with Gasteiger partial charge in [-0.25, -0.2) is 9.18 Å². The lowest BCUT2D eigenvalue weighted by Crippen LogP contribution is -2.52. The topological polar surface area (TPSA) is 57.6 Å². The van der Waals surface area contributed by atoms with Crippen molar-refractivity contribution in [3.05, 3.63) is 35.1 Å². The summed E-state index contributed by atoms with van der Waals surface area (Å²) in [6.07, 6.45) is -5.50. The Morgan fingerprint density at radius 3 is 2.45 bits per heavy atom. The summed E-state index contributed by atoms with van der Waals surface area (Å²) in [4.78, 5) is 22.6. The molecular weight excluding hydrogens is 282 g/mol. The number of carboxylic acid groups (broad SMARTS) is 1. The van der Waals surface area contributed by atoms with E-state index >= 15 is 0 Å². The molecule has 0 fully saturated rings. The summed E-state index contributed by atoms with van der Waals surface area (Å²) in [7, 11) is 0. The van der Waals surface area contributed by atoms with Crippen LogP contribution in [0.1, 0.15) is 11.1 Å². The normalized spacial score (nSPS) is 18.6. The number of nitrogens with zero attached hydrogens (tertiary/aromatic N) is 1. The van der Waals surface area contributed by atoms with Crippen LogP contribution < -0.4 is 0 Å². The average Bonchev–Trinajstić information content (AvgIpc) is 2.35. The molecule has 1 aromatic rings. The molecule has 0 unspecified atom stereocenters. The van der Waals surface area contributed by atoms with Crippen LogP contribution in [0.2, 0.25) is 0 Å². The van der Waals surface area contributed by atoms with Crippen LogP contribution in [0.4, 0.5) is 17.6 Å².